The molecule has 2 heterocycles. The molecule has 0 unspecified atom stereocenters. The molecular formula is C12H15N5O2. The number of allylic oxidation sites excluding steroid dienone is 1. The van der Waals surface area contributed by atoms with Crippen LogP contribution >= 0.6 is 0 Å². The minimum atomic E-state index is -0.490. The van der Waals surface area contributed by atoms with E-state index in [4.69, 9.17) is 0 Å². The third kappa shape index (κ3) is 2.10. The van der Waals surface area contributed by atoms with Gasteiger partial charge in [-0.05, 0) is 0 Å². The highest BCUT2D eigenvalue weighted by Gasteiger charge is 2.15. The van der Waals surface area contributed by atoms with E-state index in [0.717, 1.165) is 0 Å². The molecule has 100 valence electrons. The minimum Gasteiger partial charge on any atom is -0.352 e. The lowest BCUT2D eigenvalue weighted by Crippen LogP contribution is -2.29. The van der Waals surface area contributed by atoms with Crippen LogP contribution < -0.4 is 16.6 Å². The van der Waals surface area contributed by atoms with Crippen LogP contribution in [-0.4, -0.2) is 25.6 Å². The van der Waals surface area contributed by atoms with Crippen molar-refractivity contribution in [1.29, 1.82) is 0 Å². The van der Waals surface area contributed by atoms with Gasteiger partial charge in [-0.25, -0.2) is 4.79 Å². The van der Waals surface area contributed by atoms with E-state index in [1.54, 1.807) is 23.8 Å². The molecule has 0 bridgehead atoms. The summed E-state index contributed by atoms with van der Waals surface area (Å²) in [6.07, 6.45) is 3.34. The number of hydrogen-bond acceptors (Lipinski definition) is 4. The first-order valence-electron chi connectivity index (χ1n) is 5.75. The van der Waals surface area contributed by atoms with Crippen molar-refractivity contribution >= 4 is 17.1 Å². The van der Waals surface area contributed by atoms with E-state index >= 15 is 0 Å². The van der Waals surface area contributed by atoms with Gasteiger partial charge >= 0.3 is 5.69 Å². The lowest BCUT2D eigenvalue weighted by Gasteiger charge is -2.05. The maximum atomic E-state index is 11.9. The first kappa shape index (κ1) is 12.9. The number of hydrogen-bond donors (Lipinski definition) is 2. The third-order valence-electron chi connectivity index (χ3n) is 2.72. The van der Waals surface area contributed by atoms with Crippen LogP contribution in [0.3, 0.4) is 0 Å². The molecule has 2 rings (SSSR count). The summed E-state index contributed by atoms with van der Waals surface area (Å²) in [5.41, 5.74) is -0.272. The Kier molecular flexibility index (Phi) is 3.37. The molecular weight excluding hydrogens is 246 g/mol. The average Bonchev–Trinajstić information content (AvgIpc) is 2.74. The second-order valence-corrected chi connectivity index (χ2v) is 3.99. The van der Waals surface area contributed by atoms with Crippen LogP contribution in [-0.2, 0) is 13.6 Å². The molecule has 0 aliphatic heterocycles. The van der Waals surface area contributed by atoms with Crippen molar-refractivity contribution in [3.63, 3.8) is 0 Å². The Morgan fingerprint density at radius 3 is 2.74 bits per heavy atom. The van der Waals surface area contributed by atoms with Gasteiger partial charge in [-0.3, -0.25) is 14.3 Å². The lowest BCUT2D eigenvalue weighted by atomic mass is 10.5. The van der Waals surface area contributed by atoms with Gasteiger partial charge in [0.05, 0.1) is 0 Å². The van der Waals surface area contributed by atoms with E-state index in [0.29, 0.717) is 30.2 Å². The summed E-state index contributed by atoms with van der Waals surface area (Å²) in [7, 11) is 1.56. The molecule has 0 saturated carbocycles. The molecule has 0 aliphatic rings. The number of anilines is 1. The molecule has 0 radical (unpaired) electrons. The molecule has 0 saturated heterocycles. The monoisotopic (exact) mass is 261 g/mol. The van der Waals surface area contributed by atoms with Crippen molar-refractivity contribution < 1.29 is 0 Å². The van der Waals surface area contributed by atoms with Crippen LogP contribution in [0, 0.1) is 0 Å². The number of H-pyrrole nitrogens is 1. The normalized spacial score (nSPS) is 10.6. The Labute approximate surface area is 108 Å². The number of nitrogens with one attached hydrogen (secondary N) is 2. The quantitative estimate of drug-likeness (QED) is 0.753. The van der Waals surface area contributed by atoms with E-state index in [9.17, 15) is 9.59 Å². The number of aromatic amines is 1. The fourth-order valence-corrected chi connectivity index (χ4v) is 1.84. The maximum absolute atomic E-state index is 11.9. The molecule has 2 aromatic heterocycles. The standard InChI is InChI=1S/C12H15N5O2/c1-4-6-13-11-14-9-8(17(11)7-5-2)10(18)15-12(19)16(9)3/h4-5H,1-2,6-7H2,3H3,(H,13,14)(H,15,18,19). The Balaban J connectivity index is 2.79. The van der Waals surface area contributed by atoms with E-state index in [2.05, 4.69) is 28.4 Å². The molecule has 0 atom stereocenters. The van der Waals surface area contributed by atoms with Crippen LogP contribution in [0.15, 0.2) is 34.9 Å². The van der Waals surface area contributed by atoms with Crippen molar-refractivity contribution in [2.45, 2.75) is 6.54 Å². The van der Waals surface area contributed by atoms with Gasteiger partial charge in [0.2, 0.25) is 5.95 Å². The Morgan fingerprint density at radius 1 is 1.37 bits per heavy atom. The molecule has 0 aromatic carbocycles. The smallest absolute Gasteiger partial charge is 0.329 e. The molecule has 0 fully saturated rings. The summed E-state index contributed by atoms with van der Waals surface area (Å²) >= 11 is 0. The SMILES string of the molecule is C=CCNc1nc2c(c(=O)[nH]c(=O)n2C)n1CC=C. The summed E-state index contributed by atoms with van der Waals surface area (Å²) in [5, 5.41) is 3.03. The molecule has 7 nitrogen and oxygen atoms in total. The van der Waals surface area contributed by atoms with Crippen LogP contribution in [0.4, 0.5) is 5.95 Å². The summed E-state index contributed by atoms with van der Waals surface area (Å²) in [6.45, 7) is 8.19. The molecule has 0 spiro atoms. The molecule has 7 heteroatoms. The zero-order chi connectivity index (χ0) is 14.0. The number of aromatic nitrogens is 4. The van der Waals surface area contributed by atoms with Gasteiger partial charge in [-0.15, -0.1) is 13.2 Å². The van der Waals surface area contributed by atoms with Gasteiger partial charge in [0.1, 0.15) is 0 Å². The summed E-state index contributed by atoms with van der Waals surface area (Å²) in [5.74, 6) is 0.501. The van der Waals surface area contributed by atoms with E-state index in [1.807, 2.05) is 0 Å². The van der Waals surface area contributed by atoms with Crippen molar-refractivity contribution in [1.82, 2.24) is 19.1 Å². The Hall–Kier alpha value is -2.57. The maximum Gasteiger partial charge on any atom is 0.329 e. The zero-order valence-electron chi connectivity index (χ0n) is 10.6. The zero-order valence-corrected chi connectivity index (χ0v) is 10.6. The van der Waals surface area contributed by atoms with Gasteiger partial charge in [-0.1, -0.05) is 12.2 Å². The topological polar surface area (TPSA) is 84.7 Å². The highest BCUT2D eigenvalue weighted by molar-refractivity contribution is 5.74. The third-order valence-corrected chi connectivity index (χ3v) is 2.72. The molecule has 2 aromatic rings. The van der Waals surface area contributed by atoms with Crippen molar-refractivity contribution in [3.8, 4) is 0 Å². The van der Waals surface area contributed by atoms with Crippen molar-refractivity contribution in [3.05, 3.63) is 46.1 Å². The van der Waals surface area contributed by atoms with Crippen LogP contribution in [0.25, 0.3) is 11.2 Å². The Morgan fingerprint density at radius 2 is 2.11 bits per heavy atom. The number of nitrogens with zero attached hydrogens (tertiary/aromatic N) is 3. The summed E-state index contributed by atoms with van der Waals surface area (Å²) in [6, 6.07) is 0. The first-order valence-corrected chi connectivity index (χ1v) is 5.75. The molecule has 0 aliphatic carbocycles. The second kappa shape index (κ2) is 4.97. The van der Waals surface area contributed by atoms with E-state index in [1.165, 1.54) is 4.57 Å². The fraction of sp³-hybridized carbons (Fsp3) is 0.250. The number of imidazole rings is 1. The number of rotatable bonds is 5. The van der Waals surface area contributed by atoms with Gasteiger partial charge in [0.25, 0.3) is 5.56 Å². The second-order valence-electron chi connectivity index (χ2n) is 3.99. The van der Waals surface area contributed by atoms with Crippen molar-refractivity contribution in [2.75, 3.05) is 11.9 Å². The number of aryl methyl sites for hydroxylation is 1. The van der Waals surface area contributed by atoms with Gasteiger partial charge < -0.3 is 9.88 Å². The largest absolute Gasteiger partial charge is 0.352 e. The highest BCUT2D eigenvalue weighted by Crippen LogP contribution is 2.14. The van der Waals surface area contributed by atoms with E-state index < -0.39 is 11.2 Å². The fourth-order valence-electron chi connectivity index (χ4n) is 1.84. The summed E-state index contributed by atoms with van der Waals surface area (Å²) < 4.78 is 2.97. The van der Waals surface area contributed by atoms with Crippen LogP contribution in [0.5, 0.6) is 0 Å². The van der Waals surface area contributed by atoms with Gasteiger partial charge in [0.15, 0.2) is 11.2 Å². The van der Waals surface area contributed by atoms with E-state index in [-0.39, 0.29) is 0 Å². The summed E-state index contributed by atoms with van der Waals surface area (Å²) in [4.78, 5) is 30.0. The molecule has 19 heavy (non-hydrogen) atoms. The van der Waals surface area contributed by atoms with Crippen LogP contribution in [0.1, 0.15) is 0 Å². The number of fused-ring (bicyclic) bond motifs is 1. The van der Waals surface area contributed by atoms with Crippen molar-refractivity contribution in [2.24, 2.45) is 7.05 Å². The highest BCUT2D eigenvalue weighted by atomic mass is 16.2. The minimum absolute atomic E-state index is 0.335. The lowest BCUT2D eigenvalue weighted by molar-refractivity contribution is 0.819. The van der Waals surface area contributed by atoms with Gasteiger partial charge in [-0.2, -0.15) is 4.98 Å². The predicted octanol–water partition coefficient (Wildman–Crippen LogP) is 0.207. The average molecular weight is 261 g/mol. The predicted molar refractivity (Wildman–Crippen MR) is 74.5 cm³/mol. The van der Waals surface area contributed by atoms with Crippen LogP contribution in [0.2, 0.25) is 0 Å². The molecule has 0 amide bonds. The Bertz CT molecular complexity index is 750. The van der Waals surface area contributed by atoms with Gasteiger partial charge in [0, 0.05) is 20.1 Å². The first-order chi connectivity index (χ1) is 9.10. The molecule has 2 N–H and O–H groups in total.